The molecule has 5 aliphatic carbocycles. The summed E-state index contributed by atoms with van der Waals surface area (Å²) in [7, 11) is 0. The summed E-state index contributed by atoms with van der Waals surface area (Å²) in [4.78, 5) is 18.5. The molecule has 0 heterocycles. The average Bonchev–Trinajstić information content (AvgIpc) is 3.28. The van der Waals surface area contributed by atoms with Crippen molar-refractivity contribution >= 4 is 17.2 Å². The minimum Gasteiger partial charge on any atom is -0.411 e. The lowest BCUT2D eigenvalue weighted by Crippen LogP contribution is -2.56. The Morgan fingerprint density at radius 1 is 1.07 bits per heavy atom. The van der Waals surface area contributed by atoms with Crippen LogP contribution in [-0.2, 0) is 9.63 Å². The Hall–Kier alpha value is -1.43. The number of rotatable bonds is 2. The molecule has 0 aromatic carbocycles. The van der Waals surface area contributed by atoms with Crippen molar-refractivity contribution in [3.63, 3.8) is 0 Å². The van der Waals surface area contributed by atoms with E-state index in [9.17, 15) is 10.0 Å². The van der Waals surface area contributed by atoms with Crippen molar-refractivity contribution in [1.29, 1.82) is 0 Å². The summed E-state index contributed by atoms with van der Waals surface area (Å²) in [6, 6.07) is 0.0962. The third-order valence-electron chi connectivity index (χ3n) is 9.98. The summed E-state index contributed by atoms with van der Waals surface area (Å²) < 4.78 is 0. The highest BCUT2D eigenvalue weighted by atomic mass is 16.6. The molecule has 5 fully saturated rings. The van der Waals surface area contributed by atoms with E-state index in [1.165, 1.54) is 0 Å². The molecule has 0 amide bonds. The first kappa shape index (κ1) is 20.5. The molecule has 8 atom stereocenters. The number of oxime groups is 2. The van der Waals surface area contributed by atoms with Crippen molar-refractivity contribution in [3.05, 3.63) is 0 Å². The first-order valence-electron chi connectivity index (χ1n) is 12.1. The zero-order valence-electron chi connectivity index (χ0n) is 18.5. The van der Waals surface area contributed by atoms with Gasteiger partial charge in [-0.05, 0) is 87.4 Å². The van der Waals surface area contributed by atoms with Gasteiger partial charge in [-0.3, -0.25) is 4.79 Å². The highest BCUT2D eigenvalue weighted by Gasteiger charge is 2.61. The van der Waals surface area contributed by atoms with Crippen LogP contribution < -0.4 is 5.73 Å². The maximum Gasteiger partial charge on any atom is 0.142 e. The molecular weight excluding hydrogens is 378 g/mol. The monoisotopic (exact) mass is 415 g/mol. The number of ketones is 1. The molecule has 0 aliphatic heterocycles. The molecule has 5 saturated carbocycles. The molecule has 3 N–H and O–H groups in total. The number of hydrogen-bond acceptors (Lipinski definition) is 6. The molecular formula is C24H37N3O3. The van der Waals surface area contributed by atoms with E-state index in [1.807, 2.05) is 0 Å². The SMILES string of the molecule is C[C@]12CCC(=NO[C@@H]3CCC[C@@H]3N)CC1/C(=N/O)C[C@@H]1[C@@H]2CC[C@]2(C)C(=O)CC[C@@H]12. The largest absolute Gasteiger partial charge is 0.411 e. The van der Waals surface area contributed by atoms with Crippen LogP contribution in [0.25, 0.3) is 0 Å². The second kappa shape index (κ2) is 7.32. The predicted molar refractivity (Wildman–Crippen MR) is 115 cm³/mol. The zero-order valence-corrected chi connectivity index (χ0v) is 18.5. The van der Waals surface area contributed by atoms with Crippen LogP contribution in [0, 0.1) is 34.5 Å². The van der Waals surface area contributed by atoms with Gasteiger partial charge in [0.25, 0.3) is 0 Å². The van der Waals surface area contributed by atoms with Crippen molar-refractivity contribution in [2.45, 2.75) is 96.6 Å². The molecule has 1 unspecified atom stereocenters. The molecule has 0 radical (unpaired) electrons. The maximum atomic E-state index is 12.6. The summed E-state index contributed by atoms with van der Waals surface area (Å²) in [5.41, 5.74) is 8.10. The predicted octanol–water partition coefficient (Wildman–Crippen LogP) is 4.29. The Labute approximate surface area is 179 Å². The Morgan fingerprint density at radius 2 is 1.90 bits per heavy atom. The van der Waals surface area contributed by atoms with Gasteiger partial charge in [-0.2, -0.15) is 0 Å². The molecule has 5 rings (SSSR count). The van der Waals surface area contributed by atoms with Gasteiger partial charge in [0.15, 0.2) is 0 Å². The number of carbonyl (C=O) groups excluding carboxylic acids is 1. The molecule has 0 aromatic rings. The Kier molecular flexibility index (Phi) is 4.99. The first-order valence-corrected chi connectivity index (χ1v) is 12.1. The van der Waals surface area contributed by atoms with Crippen LogP contribution >= 0.6 is 0 Å². The summed E-state index contributed by atoms with van der Waals surface area (Å²) >= 11 is 0. The Bertz CT molecular complexity index is 780. The van der Waals surface area contributed by atoms with Crippen molar-refractivity contribution in [3.8, 4) is 0 Å². The molecule has 0 aromatic heterocycles. The summed E-state index contributed by atoms with van der Waals surface area (Å²) in [5, 5.41) is 18.3. The summed E-state index contributed by atoms with van der Waals surface area (Å²) in [6.07, 6.45) is 10.7. The van der Waals surface area contributed by atoms with E-state index in [0.29, 0.717) is 23.5 Å². The lowest BCUT2D eigenvalue weighted by atomic mass is 9.45. The minimum atomic E-state index is -0.153. The normalized spacial score (nSPS) is 51.0. The van der Waals surface area contributed by atoms with Crippen LogP contribution in [0.15, 0.2) is 10.3 Å². The van der Waals surface area contributed by atoms with Gasteiger partial charge in [0.05, 0.1) is 11.4 Å². The van der Waals surface area contributed by atoms with Crippen molar-refractivity contribution in [1.82, 2.24) is 0 Å². The lowest BCUT2D eigenvalue weighted by molar-refractivity contribution is -0.133. The van der Waals surface area contributed by atoms with Crippen LogP contribution in [0.4, 0.5) is 0 Å². The fraction of sp³-hybridized carbons (Fsp3) is 0.875. The maximum absolute atomic E-state index is 12.6. The van der Waals surface area contributed by atoms with E-state index >= 15 is 0 Å². The minimum absolute atomic E-state index is 0.0449. The van der Waals surface area contributed by atoms with Crippen LogP contribution in [0.3, 0.4) is 0 Å². The molecule has 6 nitrogen and oxygen atoms in total. The third-order valence-corrected chi connectivity index (χ3v) is 9.98. The van der Waals surface area contributed by atoms with E-state index in [1.54, 1.807) is 0 Å². The lowest BCUT2D eigenvalue weighted by Gasteiger charge is -2.59. The van der Waals surface area contributed by atoms with Crippen molar-refractivity contribution in [2.24, 2.45) is 50.5 Å². The van der Waals surface area contributed by atoms with Gasteiger partial charge in [-0.15, -0.1) is 0 Å². The van der Waals surface area contributed by atoms with Gasteiger partial charge in [0, 0.05) is 23.8 Å². The Balaban J connectivity index is 1.37. The number of fused-ring (bicyclic) bond motifs is 5. The van der Waals surface area contributed by atoms with E-state index in [0.717, 1.165) is 82.1 Å². The van der Waals surface area contributed by atoms with Crippen LogP contribution in [0.1, 0.15) is 84.5 Å². The standard InChI is InChI=1S/C24H37N3O3/c1-23-10-8-14(27-30-21-5-3-4-19(21)25)12-18(23)20(26-29)13-15-16-6-7-22(28)24(16,2)11-9-17(15)23/h15-19,21,29H,3-13,25H2,1-2H3/b26-20+,27-14?/t15-,16-,17-,18?,19-,21+,23+,24-/m0/s1. The van der Waals surface area contributed by atoms with Gasteiger partial charge in [0.1, 0.15) is 11.9 Å². The highest BCUT2D eigenvalue weighted by Crippen LogP contribution is 2.64. The van der Waals surface area contributed by atoms with Crippen molar-refractivity contribution < 1.29 is 14.8 Å². The van der Waals surface area contributed by atoms with Crippen molar-refractivity contribution in [2.75, 3.05) is 0 Å². The topological polar surface area (TPSA) is 97.3 Å². The molecule has 6 heteroatoms. The number of nitrogens with two attached hydrogens (primary N) is 1. The second-order valence-corrected chi connectivity index (χ2v) is 11.2. The van der Waals surface area contributed by atoms with Gasteiger partial charge < -0.3 is 15.8 Å². The van der Waals surface area contributed by atoms with Gasteiger partial charge in [-0.25, -0.2) is 0 Å². The van der Waals surface area contributed by atoms with E-state index in [2.05, 4.69) is 24.2 Å². The fourth-order valence-electron chi connectivity index (χ4n) is 8.07. The van der Waals surface area contributed by atoms with Gasteiger partial charge in [-0.1, -0.05) is 24.2 Å². The van der Waals surface area contributed by atoms with Crippen LogP contribution in [0.2, 0.25) is 0 Å². The van der Waals surface area contributed by atoms with E-state index in [4.69, 9.17) is 10.6 Å². The number of hydrogen-bond donors (Lipinski definition) is 2. The molecule has 166 valence electrons. The number of nitrogens with zero attached hydrogens (tertiary/aromatic N) is 2. The molecule has 5 aliphatic rings. The smallest absolute Gasteiger partial charge is 0.142 e. The quantitative estimate of drug-likeness (QED) is 0.519. The molecule has 30 heavy (non-hydrogen) atoms. The molecule has 0 spiro atoms. The van der Waals surface area contributed by atoms with Gasteiger partial charge >= 0.3 is 0 Å². The van der Waals surface area contributed by atoms with E-state index < -0.39 is 0 Å². The first-order chi connectivity index (χ1) is 14.4. The highest BCUT2D eigenvalue weighted by molar-refractivity contribution is 5.96. The number of carbonyl (C=O) groups is 1. The van der Waals surface area contributed by atoms with Crippen LogP contribution in [0.5, 0.6) is 0 Å². The average molecular weight is 416 g/mol. The van der Waals surface area contributed by atoms with Gasteiger partial charge in [0.2, 0.25) is 0 Å². The summed E-state index contributed by atoms with van der Waals surface area (Å²) in [5.74, 6) is 2.19. The van der Waals surface area contributed by atoms with E-state index in [-0.39, 0.29) is 28.9 Å². The number of Topliss-reactive ketones (excluding diaryl/α,β-unsaturated/α-hetero) is 1. The molecule has 0 saturated heterocycles. The molecule has 0 bridgehead atoms. The fourth-order valence-corrected chi connectivity index (χ4v) is 8.07. The summed E-state index contributed by atoms with van der Waals surface area (Å²) in [6.45, 7) is 4.60. The Morgan fingerprint density at radius 3 is 2.63 bits per heavy atom. The zero-order chi connectivity index (χ0) is 21.1. The third kappa shape index (κ3) is 2.96. The van der Waals surface area contributed by atoms with Crippen LogP contribution in [-0.4, -0.2) is 34.6 Å². The second-order valence-electron chi connectivity index (χ2n) is 11.2.